The summed E-state index contributed by atoms with van der Waals surface area (Å²) >= 11 is 0. The van der Waals surface area contributed by atoms with Gasteiger partial charge in [-0.05, 0) is 37.8 Å². The molecule has 0 aliphatic heterocycles. The van der Waals surface area contributed by atoms with Crippen LogP contribution in [-0.4, -0.2) is 22.4 Å². The van der Waals surface area contributed by atoms with Crippen molar-refractivity contribution in [2.75, 3.05) is 11.9 Å². The largest absolute Gasteiger partial charge is 0.477 e. The molecule has 1 aromatic heterocycles. The number of hydrogen-bond acceptors (Lipinski definition) is 5. The van der Waals surface area contributed by atoms with E-state index in [-0.39, 0.29) is 11.6 Å². The third kappa shape index (κ3) is 4.55. The van der Waals surface area contributed by atoms with Gasteiger partial charge in [-0.15, -0.1) is 0 Å². The number of aromatic nitrogens is 1. The fourth-order valence-electron chi connectivity index (χ4n) is 3.87. The van der Waals surface area contributed by atoms with Crippen LogP contribution >= 0.6 is 0 Å². The van der Waals surface area contributed by atoms with Gasteiger partial charge in [-0.2, -0.15) is 0 Å². The quantitative estimate of drug-likeness (QED) is 0.387. The molecule has 1 saturated carbocycles. The molecule has 0 radical (unpaired) electrons. The molecule has 7 nitrogen and oxygen atoms in total. The lowest BCUT2D eigenvalue weighted by molar-refractivity contribution is -0.384. The summed E-state index contributed by atoms with van der Waals surface area (Å²) in [6.07, 6.45) is 6.99. The molecule has 0 saturated heterocycles. The number of pyridine rings is 1. The van der Waals surface area contributed by atoms with Crippen molar-refractivity contribution < 1.29 is 14.5 Å². The van der Waals surface area contributed by atoms with Crippen molar-refractivity contribution in [1.82, 2.24) is 4.98 Å². The van der Waals surface area contributed by atoms with Crippen LogP contribution < -0.4 is 10.1 Å². The Morgan fingerprint density at radius 1 is 1.28 bits per heavy atom. The maximum atomic E-state index is 13.3. The molecule has 1 N–H and O–H groups in total. The third-order valence-electron chi connectivity index (χ3n) is 5.55. The van der Waals surface area contributed by atoms with Crippen molar-refractivity contribution in [1.29, 1.82) is 0 Å². The fourth-order valence-corrected chi connectivity index (χ4v) is 3.87. The number of benzene rings is 1. The highest BCUT2D eigenvalue weighted by Crippen LogP contribution is 2.42. The Bertz CT molecular complexity index is 874. The van der Waals surface area contributed by atoms with Gasteiger partial charge in [-0.3, -0.25) is 14.9 Å². The van der Waals surface area contributed by atoms with E-state index in [1.165, 1.54) is 12.1 Å². The molecular weight excluding hydrogens is 370 g/mol. The summed E-state index contributed by atoms with van der Waals surface area (Å²) in [6.45, 7) is 4.64. The van der Waals surface area contributed by atoms with E-state index < -0.39 is 10.3 Å². The van der Waals surface area contributed by atoms with E-state index in [9.17, 15) is 14.9 Å². The molecule has 1 aliphatic carbocycles. The zero-order valence-corrected chi connectivity index (χ0v) is 16.9. The molecule has 154 valence electrons. The molecule has 3 rings (SSSR count). The van der Waals surface area contributed by atoms with Crippen molar-refractivity contribution >= 4 is 17.3 Å². The Balaban J connectivity index is 1.78. The van der Waals surface area contributed by atoms with Crippen molar-refractivity contribution in [3.63, 3.8) is 0 Å². The molecule has 7 heteroatoms. The smallest absolute Gasteiger partial charge is 0.269 e. The summed E-state index contributed by atoms with van der Waals surface area (Å²) in [7, 11) is 0. The van der Waals surface area contributed by atoms with Crippen molar-refractivity contribution in [3.8, 4) is 5.88 Å². The number of nitro groups is 1. The molecule has 0 atom stereocenters. The second-order valence-corrected chi connectivity index (χ2v) is 7.60. The van der Waals surface area contributed by atoms with E-state index >= 15 is 0 Å². The van der Waals surface area contributed by atoms with E-state index in [1.807, 2.05) is 13.0 Å². The van der Waals surface area contributed by atoms with Crippen LogP contribution in [0.5, 0.6) is 5.88 Å². The van der Waals surface area contributed by atoms with E-state index in [1.54, 1.807) is 18.3 Å². The minimum atomic E-state index is -0.667. The second kappa shape index (κ2) is 9.03. The number of amides is 1. The molecular formula is C22H27N3O4. The van der Waals surface area contributed by atoms with Crippen LogP contribution in [0.3, 0.4) is 0 Å². The van der Waals surface area contributed by atoms with Gasteiger partial charge in [0.2, 0.25) is 11.8 Å². The number of aryl methyl sites for hydroxylation is 1. The lowest BCUT2D eigenvalue weighted by Crippen LogP contribution is -2.38. The summed E-state index contributed by atoms with van der Waals surface area (Å²) < 4.78 is 5.68. The number of rotatable bonds is 8. The monoisotopic (exact) mass is 397 g/mol. The maximum absolute atomic E-state index is 13.3. The number of carbonyl (C=O) groups is 1. The number of nitro benzene ring substituents is 1. The van der Waals surface area contributed by atoms with E-state index in [0.29, 0.717) is 18.2 Å². The standard InChI is InChI=1S/C22H27N3O4/c1-3-4-13-29-20-16(2)14-18(15-23-20)24-21(26)22(11-5-6-12-22)17-7-9-19(10-8-17)25(27)28/h7-10,14-15H,3-6,11-13H2,1-2H3,(H,24,26). The topological polar surface area (TPSA) is 94.4 Å². The van der Waals surface area contributed by atoms with Gasteiger partial charge in [-0.25, -0.2) is 4.98 Å². The van der Waals surface area contributed by atoms with Crippen LogP contribution in [0.15, 0.2) is 36.5 Å². The molecule has 1 aliphatic rings. The van der Waals surface area contributed by atoms with Gasteiger partial charge < -0.3 is 10.1 Å². The first-order valence-corrected chi connectivity index (χ1v) is 10.1. The van der Waals surface area contributed by atoms with Gasteiger partial charge >= 0.3 is 0 Å². The van der Waals surface area contributed by atoms with E-state index in [4.69, 9.17) is 4.74 Å². The lowest BCUT2D eigenvalue weighted by atomic mass is 9.78. The van der Waals surface area contributed by atoms with Crippen molar-refractivity contribution in [2.45, 2.75) is 57.8 Å². The number of nitrogens with zero attached hydrogens (tertiary/aromatic N) is 2. The van der Waals surface area contributed by atoms with Gasteiger partial charge in [0.05, 0.1) is 28.8 Å². The molecule has 1 fully saturated rings. The highest BCUT2D eigenvalue weighted by Gasteiger charge is 2.42. The Kier molecular flexibility index (Phi) is 6.46. The number of unbranched alkanes of at least 4 members (excludes halogenated alkanes) is 1. The van der Waals surface area contributed by atoms with Crippen LogP contribution in [0.4, 0.5) is 11.4 Å². The molecule has 2 aromatic rings. The Hall–Kier alpha value is -2.96. The number of nitrogens with one attached hydrogen (secondary N) is 1. The highest BCUT2D eigenvalue weighted by atomic mass is 16.6. The van der Waals surface area contributed by atoms with Crippen LogP contribution in [0.25, 0.3) is 0 Å². The minimum Gasteiger partial charge on any atom is -0.477 e. The first-order chi connectivity index (χ1) is 14.0. The molecule has 0 unspecified atom stereocenters. The van der Waals surface area contributed by atoms with E-state index in [2.05, 4.69) is 17.2 Å². The zero-order valence-electron chi connectivity index (χ0n) is 16.9. The van der Waals surface area contributed by atoms with Gasteiger partial charge in [-0.1, -0.05) is 38.3 Å². The summed E-state index contributed by atoms with van der Waals surface area (Å²) in [5.74, 6) is 0.493. The highest BCUT2D eigenvalue weighted by molar-refractivity contribution is 5.99. The summed E-state index contributed by atoms with van der Waals surface area (Å²) in [5, 5.41) is 13.9. The van der Waals surface area contributed by atoms with E-state index in [0.717, 1.165) is 49.7 Å². The Labute approximate surface area is 170 Å². The summed E-state index contributed by atoms with van der Waals surface area (Å²) in [6, 6.07) is 8.21. The lowest BCUT2D eigenvalue weighted by Gasteiger charge is -2.28. The number of carbonyl (C=O) groups excluding carboxylic acids is 1. The number of ether oxygens (including phenoxy) is 1. The third-order valence-corrected chi connectivity index (χ3v) is 5.55. The van der Waals surface area contributed by atoms with Gasteiger partial charge in [0.1, 0.15) is 0 Å². The predicted octanol–water partition coefficient (Wildman–Crippen LogP) is 4.93. The maximum Gasteiger partial charge on any atom is 0.269 e. The number of hydrogen-bond donors (Lipinski definition) is 1. The second-order valence-electron chi connectivity index (χ2n) is 7.60. The van der Waals surface area contributed by atoms with Gasteiger partial charge in [0.25, 0.3) is 5.69 Å². The fraction of sp³-hybridized carbons (Fsp3) is 0.455. The molecule has 1 heterocycles. The average molecular weight is 397 g/mol. The molecule has 0 bridgehead atoms. The molecule has 0 spiro atoms. The SMILES string of the molecule is CCCCOc1ncc(NC(=O)C2(c3ccc([N+](=O)[O-])cc3)CCCC2)cc1C. The number of non-ortho nitro benzene ring substituents is 1. The van der Waals surface area contributed by atoms with Crippen LogP contribution in [0.2, 0.25) is 0 Å². The first kappa shape index (κ1) is 20.8. The minimum absolute atomic E-state index is 0.0285. The number of anilines is 1. The molecule has 29 heavy (non-hydrogen) atoms. The van der Waals surface area contributed by atoms with Crippen molar-refractivity contribution in [3.05, 3.63) is 57.8 Å². The first-order valence-electron chi connectivity index (χ1n) is 10.1. The van der Waals surface area contributed by atoms with Crippen LogP contribution in [-0.2, 0) is 10.2 Å². The van der Waals surface area contributed by atoms with Gasteiger partial charge in [0.15, 0.2) is 0 Å². The average Bonchev–Trinajstić information content (AvgIpc) is 3.21. The Morgan fingerprint density at radius 3 is 2.55 bits per heavy atom. The normalized spacial score (nSPS) is 15.1. The van der Waals surface area contributed by atoms with Crippen LogP contribution in [0, 0.1) is 17.0 Å². The summed E-state index contributed by atoms with van der Waals surface area (Å²) in [5.41, 5.74) is 1.68. The van der Waals surface area contributed by atoms with Gasteiger partial charge in [0, 0.05) is 17.7 Å². The predicted molar refractivity (Wildman–Crippen MR) is 111 cm³/mol. The molecule has 1 aromatic carbocycles. The Morgan fingerprint density at radius 2 is 1.97 bits per heavy atom. The van der Waals surface area contributed by atoms with Crippen LogP contribution in [0.1, 0.15) is 56.6 Å². The zero-order chi connectivity index (χ0) is 20.9. The van der Waals surface area contributed by atoms with Crippen molar-refractivity contribution in [2.24, 2.45) is 0 Å². The summed E-state index contributed by atoms with van der Waals surface area (Å²) in [4.78, 5) is 28.1. The molecule has 1 amide bonds.